The van der Waals surface area contributed by atoms with Crippen LogP contribution in [0.15, 0.2) is 29.2 Å². The van der Waals surface area contributed by atoms with Crippen molar-refractivity contribution in [3.05, 3.63) is 29.8 Å². The lowest BCUT2D eigenvalue weighted by Crippen LogP contribution is -2.30. The van der Waals surface area contributed by atoms with E-state index in [1.54, 1.807) is 5.56 Å². The number of thioether (sulfide) groups is 1. The van der Waals surface area contributed by atoms with Crippen LogP contribution in [0, 0.1) is 5.92 Å². The SMILES string of the molecule is CNC(CCCC1Cc2ccccc2S1)C(C)C. The standard InChI is InChI=1S/C16H25NS/c1-12(2)15(17-3)9-6-8-14-11-13-7-4-5-10-16(13)18-14/h4-5,7,10,12,14-15,17H,6,8-9,11H2,1-3H3. The van der Waals surface area contributed by atoms with Gasteiger partial charge in [0.05, 0.1) is 0 Å². The van der Waals surface area contributed by atoms with Crippen molar-refractivity contribution in [2.24, 2.45) is 5.92 Å². The van der Waals surface area contributed by atoms with Crippen molar-refractivity contribution < 1.29 is 0 Å². The summed E-state index contributed by atoms with van der Waals surface area (Å²) in [5, 5.41) is 4.25. The van der Waals surface area contributed by atoms with Crippen LogP contribution in [-0.2, 0) is 6.42 Å². The first-order valence-electron chi connectivity index (χ1n) is 7.12. The van der Waals surface area contributed by atoms with Crippen molar-refractivity contribution in [3.63, 3.8) is 0 Å². The summed E-state index contributed by atoms with van der Waals surface area (Å²) in [5.74, 6) is 0.739. The van der Waals surface area contributed by atoms with Gasteiger partial charge in [0.1, 0.15) is 0 Å². The van der Waals surface area contributed by atoms with Crippen LogP contribution in [0.25, 0.3) is 0 Å². The Labute approximate surface area is 116 Å². The maximum Gasteiger partial charge on any atom is 0.0135 e. The zero-order valence-corrected chi connectivity index (χ0v) is 12.6. The molecule has 0 aromatic heterocycles. The predicted molar refractivity (Wildman–Crippen MR) is 81.3 cm³/mol. The molecule has 2 atom stereocenters. The highest BCUT2D eigenvalue weighted by Crippen LogP contribution is 2.39. The summed E-state index contributed by atoms with van der Waals surface area (Å²) in [6, 6.07) is 9.55. The molecule has 0 aliphatic carbocycles. The number of fused-ring (bicyclic) bond motifs is 1. The predicted octanol–water partition coefficient (Wildman–Crippen LogP) is 4.12. The van der Waals surface area contributed by atoms with Gasteiger partial charge in [-0.15, -0.1) is 11.8 Å². The molecule has 1 aliphatic heterocycles. The van der Waals surface area contributed by atoms with Gasteiger partial charge in [-0.1, -0.05) is 38.5 Å². The van der Waals surface area contributed by atoms with Crippen LogP contribution < -0.4 is 5.32 Å². The summed E-state index contributed by atoms with van der Waals surface area (Å²) in [6.07, 6.45) is 5.27. The first-order valence-corrected chi connectivity index (χ1v) is 8.00. The number of hydrogen-bond acceptors (Lipinski definition) is 2. The quantitative estimate of drug-likeness (QED) is 0.828. The third-order valence-electron chi connectivity index (χ3n) is 3.93. The third kappa shape index (κ3) is 3.52. The highest BCUT2D eigenvalue weighted by atomic mass is 32.2. The van der Waals surface area contributed by atoms with Gasteiger partial charge in [-0.3, -0.25) is 0 Å². The van der Waals surface area contributed by atoms with E-state index in [-0.39, 0.29) is 0 Å². The summed E-state index contributed by atoms with van der Waals surface area (Å²) in [6.45, 7) is 4.61. The molecule has 2 unspecified atom stereocenters. The number of rotatable bonds is 6. The van der Waals surface area contributed by atoms with Crippen LogP contribution in [0.5, 0.6) is 0 Å². The monoisotopic (exact) mass is 263 g/mol. The molecule has 1 aliphatic rings. The molecule has 2 rings (SSSR count). The maximum absolute atomic E-state index is 3.44. The molecule has 100 valence electrons. The highest BCUT2D eigenvalue weighted by molar-refractivity contribution is 8.00. The molecule has 0 saturated carbocycles. The summed E-state index contributed by atoms with van der Waals surface area (Å²) in [4.78, 5) is 1.51. The van der Waals surface area contributed by atoms with E-state index >= 15 is 0 Å². The summed E-state index contributed by atoms with van der Waals surface area (Å²) >= 11 is 2.08. The summed E-state index contributed by atoms with van der Waals surface area (Å²) < 4.78 is 0. The van der Waals surface area contributed by atoms with Crippen molar-refractivity contribution >= 4 is 11.8 Å². The van der Waals surface area contributed by atoms with Gasteiger partial charge in [-0.25, -0.2) is 0 Å². The lowest BCUT2D eigenvalue weighted by atomic mass is 9.97. The fourth-order valence-electron chi connectivity index (χ4n) is 2.79. The van der Waals surface area contributed by atoms with Crippen molar-refractivity contribution in [2.45, 2.75) is 55.7 Å². The Hall–Kier alpha value is -0.470. The molecule has 0 spiro atoms. The number of nitrogens with one attached hydrogen (secondary N) is 1. The molecule has 1 heterocycles. The Morgan fingerprint density at radius 2 is 2.11 bits per heavy atom. The van der Waals surface area contributed by atoms with Gasteiger partial charge >= 0.3 is 0 Å². The second-order valence-electron chi connectivity index (χ2n) is 5.62. The zero-order valence-electron chi connectivity index (χ0n) is 11.8. The van der Waals surface area contributed by atoms with E-state index in [0.29, 0.717) is 6.04 Å². The fourth-order valence-corrected chi connectivity index (χ4v) is 4.16. The van der Waals surface area contributed by atoms with E-state index in [1.165, 1.54) is 30.6 Å². The van der Waals surface area contributed by atoms with Crippen LogP contribution in [0.2, 0.25) is 0 Å². The molecule has 1 aromatic carbocycles. The van der Waals surface area contributed by atoms with Crippen molar-refractivity contribution in [1.29, 1.82) is 0 Å². The van der Waals surface area contributed by atoms with Gasteiger partial charge in [0.2, 0.25) is 0 Å². The smallest absolute Gasteiger partial charge is 0.0135 e. The van der Waals surface area contributed by atoms with E-state index in [9.17, 15) is 0 Å². The molecule has 2 heteroatoms. The molecule has 0 fully saturated rings. The first-order chi connectivity index (χ1) is 8.70. The molecule has 1 nitrogen and oxygen atoms in total. The van der Waals surface area contributed by atoms with Gasteiger partial charge in [0.15, 0.2) is 0 Å². The Balaban J connectivity index is 1.74. The average Bonchev–Trinajstić information content (AvgIpc) is 2.76. The molecule has 0 bridgehead atoms. The minimum Gasteiger partial charge on any atom is -0.317 e. The van der Waals surface area contributed by atoms with Crippen molar-refractivity contribution in [1.82, 2.24) is 5.32 Å². The van der Waals surface area contributed by atoms with Crippen molar-refractivity contribution in [2.75, 3.05) is 7.05 Å². The largest absolute Gasteiger partial charge is 0.317 e. The summed E-state index contributed by atoms with van der Waals surface area (Å²) in [5.41, 5.74) is 1.56. The molecule has 0 radical (unpaired) electrons. The van der Waals surface area contributed by atoms with Crippen molar-refractivity contribution in [3.8, 4) is 0 Å². The third-order valence-corrected chi connectivity index (χ3v) is 5.32. The van der Waals surface area contributed by atoms with E-state index in [2.05, 4.69) is 62.2 Å². The summed E-state index contributed by atoms with van der Waals surface area (Å²) in [7, 11) is 2.09. The minimum absolute atomic E-state index is 0.679. The van der Waals surface area contributed by atoms with E-state index in [0.717, 1.165) is 11.2 Å². The van der Waals surface area contributed by atoms with E-state index in [1.807, 2.05) is 0 Å². The lowest BCUT2D eigenvalue weighted by Gasteiger charge is -2.20. The Bertz CT molecular complexity index is 350. The first kappa shape index (κ1) is 14.0. The normalized spacial score (nSPS) is 20.1. The van der Waals surface area contributed by atoms with Gasteiger partial charge < -0.3 is 5.32 Å². The molecule has 1 aromatic rings. The number of hydrogen-bond donors (Lipinski definition) is 1. The molecule has 18 heavy (non-hydrogen) atoms. The topological polar surface area (TPSA) is 12.0 Å². The fraction of sp³-hybridized carbons (Fsp3) is 0.625. The van der Waals surface area contributed by atoms with Gasteiger partial charge in [0.25, 0.3) is 0 Å². The zero-order chi connectivity index (χ0) is 13.0. The van der Waals surface area contributed by atoms with Gasteiger partial charge in [-0.2, -0.15) is 0 Å². The molecular formula is C16H25NS. The Morgan fingerprint density at radius 3 is 2.78 bits per heavy atom. The second kappa shape index (κ2) is 6.63. The van der Waals surface area contributed by atoms with Crippen LogP contribution in [0.4, 0.5) is 0 Å². The molecule has 0 saturated heterocycles. The molecular weight excluding hydrogens is 238 g/mol. The van der Waals surface area contributed by atoms with Crippen LogP contribution in [0.3, 0.4) is 0 Å². The average molecular weight is 263 g/mol. The Kier molecular flexibility index (Phi) is 5.13. The van der Waals surface area contributed by atoms with Crippen LogP contribution >= 0.6 is 11.8 Å². The van der Waals surface area contributed by atoms with E-state index < -0.39 is 0 Å². The second-order valence-corrected chi connectivity index (χ2v) is 6.96. The van der Waals surface area contributed by atoms with Crippen LogP contribution in [0.1, 0.15) is 38.7 Å². The van der Waals surface area contributed by atoms with Gasteiger partial charge in [0, 0.05) is 16.2 Å². The number of benzene rings is 1. The Morgan fingerprint density at radius 1 is 1.33 bits per heavy atom. The highest BCUT2D eigenvalue weighted by Gasteiger charge is 2.21. The minimum atomic E-state index is 0.679. The lowest BCUT2D eigenvalue weighted by molar-refractivity contribution is 0.388. The van der Waals surface area contributed by atoms with Crippen LogP contribution in [-0.4, -0.2) is 18.3 Å². The maximum atomic E-state index is 3.44. The van der Waals surface area contributed by atoms with Gasteiger partial charge in [-0.05, 0) is 43.9 Å². The molecule has 0 amide bonds. The molecule has 1 N–H and O–H groups in total. The van der Waals surface area contributed by atoms with E-state index in [4.69, 9.17) is 0 Å².